The summed E-state index contributed by atoms with van der Waals surface area (Å²) >= 11 is 5.92. The van der Waals surface area contributed by atoms with E-state index in [2.05, 4.69) is 24.0 Å². The summed E-state index contributed by atoms with van der Waals surface area (Å²) in [7, 11) is 1.67. The third-order valence-corrected chi connectivity index (χ3v) is 4.33. The van der Waals surface area contributed by atoms with Crippen molar-refractivity contribution in [1.29, 1.82) is 0 Å². The van der Waals surface area contributed by atoms with Gasteiger partial charge in [0.05, 0.1) is 13.2 Å². The largest absolute Gasteiger partial charge is 0.497 e. The van der Waals surface area contributed by atoms with Gasteiger partial charge in [0.25, 0.3) is 0 Å². The highest BCUT2D eigenvalue weighted by Crippen LogP contribution is 2.19. The van der Waals surface area contributed by atoms with Gasteiger partial charge >= 0.3 is 0 Å². The van der Waals surface area contributed by atoms with E-state index in [1.54, 1.807) is 7.11 Å². The molecule has 0 fully saturated rings. The SMILES string of the molecule is CCCCN(Cc1ccc(OC)cc1)C[C@@H](O)c1ccc(Cl)cc1. The molecule has 1 atom stereocenters. The maximum atomic E-state index is 10.5. The molecule has 0 heterocycles. The normalized spacial score (nSPS) is 12.4. The van der Waals surface area contributed by atoms with Gasteiger partial charge in [0.2, 0.25) is 0 Å². The van der Waals surface area contributed by atoms with Crippen molar-refractivity contribution >= 4 is 11.6 Å². The number of benzene rings is 2. The summed E-state index contributed by atoms with van der Waals surface area (Å²) in [5, 5.41) is 11.2. The van der Waals surface area contributed by atoms with Crippen molar-refractivity contribution in [2.45, 2.75) is 32.4 Å². The number of nitrogens with zero attached hydrogens (tertiary/aromatic N) is 1. The van der Waals surface area contributed by atoms with E-state index in [0.717, 1.165) is 37.2 Å². The third kappa shape index (κ3) is 5.82. The summed E-state index contributed by atoms with van der Waals surface area (Å²) in [6.07, 6.45) is 1.73. The fraction of sp³-hybridized carbons (Fsp3) is 0.400. The smallest absolute Gasteiger partial charge is 0.118 e. The number of aliphatic hydroxyl groups excluding tert-OH is 1. The molecule has 2 aromatic rings. The molecule has 130 valence electrons. The van der Waals surface area contributed by atoms with Crippen LogP contribution in [0.3, 0.4) is 0 Å². The highest BCUT2D eigenvalue weighted by molar-refractivity contribution is 6.30. The number of unbranched alkanes of at least 4 members (excludes halogenated alkanes) is 1. The Morgan fingerprint density at radius 3 is 2.33 bits per heavy atom. The first kappa shape index (κ1) is 18.8. The van der Waals surface area contributed by atoms with Gasteiger partial charge in [-0.05, 0) is 48.4 Å². The van der Waals surface area contributed by atoms with E-state index in [1.807, 2.05) is 36.4 Å². The summed E-state index contributed by atoms with van der Waals surface area (Å²) in [6, 6.07) is 15.5. The van der Waals surface area contributed by atoms with Crippen LogP contribution in [-0.2, 0) is 6.54 Å². The number of rotatable bonds is 9. The molecule has 0 saturated carbocycles. The van der Waals surface area contributed by atoms with Crippen LogP contribution in [0.2, 0.25) is 5.02 Å². The van der Waals surface area contributed by atoms with Crippen LogP contribution in [0.25, 0.3) is 0 Å². The Hall–Kier alpha value is -1.55. The van der Waals surface area contributed by atoms with Crippen molar-refractivity contribution in [2.24, 2.45) is 0 Å². The second kappa shape index (κ2) is 9.67. The van der Waals surface area contributed by atoms with Crippen LogP contribution in [0, 0.1) is 0 Å². The van der Waals surface area contributed by atoms with E-state index in [0.29, 0.717) is 11.6 Å². The molecule has 0 aliphatic heterocycles. The Morgan fingerprint density at radius 2 is 1.75 bits per heavy atom. The Kier molecular flexibility index (Phi) is 7.57. The predicted molar refractivity (Wildman–Crippen MR) is 99.6 cm³/mol. The van der Waals surface area contributed by atoms with E-state index in [1.165, 1.54) is 5.56 Å². The van der Waals surface area contributed by atoms with Crippen LogP contribution in [0.5, 0.6) is 5.75 Å². The van der Waals surface area contributed by atoms with E-state index in [-0.39, 0.29) is 0 Å². The molecule has 24 heavy (non-hydrogen) atoms. The molecule has 3 nitrogen and oxygen atoms in total. The summed E-state index contributed by atoms with van der Waals surface area (Å²) in [5.41, 5.74) is 2.12. The fourth-order valence-corrected chi connectivity index (χ4v) is 2.77. The van der Waals surface area contributed by atoms with Crippen LogP contribution in [-0.4, -0.2) is 30.2 Å². The second-order valence-corrected chi connectivity index (χ2v) is 6.44. The van der Waals surface area contributed by atoms with Crippen LogP contribution in [0.15, 0.2) is 48.5 Å². The minimum atomic E-state index is -0.516. The maximum absolute atomic E-state index is 10.5. The highest BCUT2D eigenvalue weighted by Gasteiger charge is 2.14. The molecule has 0 unspecified atom stereocenters. The Bertz CT molecular complexity index is 598. The van der Waals surface area contributed by atoms with Crippen LogP contribution in [0.1, 0.15) is 37.0 Å². The average molecular weight is 348 g/mol. The van der Waals surface area contributed by atoms with Crippen molar-refractivity contribution in [3.05, 3.63) is 64.7 Å². The van der Waals surface area contributed by atoms with Gasteiger partial charge in [-0.2, -0.15) is 0 Å². The van der Waals surface area contributed by atoms with Crippen molar-refractivity contribution in [3.8, 4) is 5.75 Å². The van der Waals surface area contributed by atoms with E-state index in [4.69, 9.17) is 16.3 Å². The Balaban J connectivity index is 2.01. The molecule has 2 rings (SSSR count). The Morgan fingerprint density at radius 1 is 1.08 bits per heavy atom. The number of methoxy groups -OCH3 is 1. The van der Waals surface area contributed by atoms with Gasteiger partial charge in [0, 0.05) is 18.1 Å². The van der Waals surface area contributed by atoms with Crippen molar-refractivity contribution < 1.29 is 9.84 Å². The van der Waals surface area contributed by atoms with Gasteiger partial charge in [-0.25, -0.2) is 0 Å². The maximum Gasteiger partial charge on any atom is 0.118 e. The molecule has 1 N–H and O–H groups in total. The Labute approximate surface area is 149 Å². The van der Waals surface area contributed by atoms with Crippen molar-refractivity contribution in [3.63, 3.8) is 0 Å². The highest BCUT2D eigenvalue weighted by atomic mass is 35.5. The lowest BCUT2D eigenvalue weighted by Crippen LogP contribution is -2.29. The molecule has 0 amide bonds. The molecule has 0 spiro atoms. The first-order valence-corrected chi connectivity index (χ1v) is 8.79. The molecule has 0 bridgehead atoms. The van der Waals surface area contributed by atoms with Crippen LogP contribution < -0.4 is 4.74 Å². The fourth-order valence-electron chi connectivity index (χ4n) is 2.64. The summed E-state index contributed by atoms with van der Waals surface area (Å²) in [5.74, 6) is 0.861. The molecule has 2 aromatic carbocycles. The lowest BCUT2D eigenvalue weighted by Gasteiger charge is -2.25. The zero-order valence-electron chi connectivity index (χ0n) is 14.4. The predicted octanol–water partition coefficient (Wildman–Crippen LogP) is 4.68. The summed E-state index contributed by atoms with van der Waals surface area (Å²) in [6.45, 7) is 4.57. The monoisotopic (exact) mass is 347 g/mol. The zero-order chi connectivity index (χ0) is 17.4. The topological polar surface area (TPSA) is 32.7 Å². The van der Waals surface area contributed by atoms with Gasteiger partial charge in [-0.3, -0.25) is 4.90 Å². The second-order valence-electron chi connectivity index (χ2n) is 6.00. The van der Waals surface area contributed by atoms with E-state index >= 15 is 0 Å². The van der Waals surface area contributed by atoms with E-state index < -0.39 is 6.10 Å². The molecule has 0 aliphatic rings. The first-order valence-electron chi connectivity index (χ1n) is 8.41. The van der Waals surface area contributed by atoms with Gasteiger partial charge in [0.1, 0.15) is 5.75 Å². The minimum Gasteiger partial charge on any atom is -0.497 e. The number of hydrogen-bond donors (Lipinski definition) is 1. The first-order chi connectivity index (χ1) is 11.6. The van der Waals surface area contributed by atoms with Crippen molar-refractivity contribution in [2.75, 3.05) is 20.2 Å². The molecule has 0 radical (unpaired) electrons. The van der Waals surface area contributed by atoms with Crippen LogP contribution in [0.4, 0.5) is 0 Å². The standard InChI is InChI=1S/C20H26ClNO2/c1-3-4-13-22(14-16-5-11-19(24-2)12-6-16)15-20(23)17-7-9-18(21)10-8-17/h5-12,20,23H,3-4,13-15H2,1-2H3/t20-/m1/s1. The molecular weight excluding hydrogens is 322 g/mol. The van der Waals surface area contributed by atoms with Crippen molar-refractivity contribution in [1.82, 2.24) is 4.90 Å². The molecule has 4 heteroatoms. The average Bonchev–Trinajstić information content (AvgIpc) is 2.60. The van der Waals surface area contributed by atoms with E-state index in [9.17, 15) is 5.11 Å². The quantitative estimate of drug-likeness (QED) is 0.714. The number of ether oxygens (including phenoxy) is 1. The number of hydrogen-bond acceptors (Lipinski definition) is 3. The summed E-state index contributed by atoms with van der Waals surface area (Å²) < 4.78 is 5.21. The molecule has 0 aromatic heterocycles. The summed E-state index contributed by atoms with van der Waals surface area (Å²) in [4.78, 5) is 2.30. The number of halogens is 1. The lowest BCUT2D eigenvalue weighted by atomic mass is 10.1. The van der Waals surface area contributed by atoms with Gasteiger partial charge < -0.3 is 9.84 Å². The minimum absolute atomic E-state index is 0.516. The molecular formula is C20H26ClNO2. The molecule has 0 saturated heterocycles. The third-order valence-electron chi connectivity index (χ3n) is 4.08. The zero-order valence-corrected chi connectivity index (χ0v) is 15.2. The number of aliphatic hydroxyl groups is 1. The van der Waals surface area contributed by atoms with Gasteiger partial charge in [0.15, 0.2) is 0 Å². The van der Waals surface area contributed by atoms with Gasteiger partial charge in [-0.15, -0.1) is 0 Å². The molecule has 0 aliphatic carbocycles. The van der Waals surface area contributed by atoms with Gasteiger partial charge in [-0.1, -0.05) is 49.2 Å². The lowest BCUT2D eigenvalue weighted by molar-refractivity contribution is 0.108. The van der Waals surface area contributed by atoms with Crippen LogP contribution >= 0.6 is 11.6 Å².